The molecule has 1 aromatic carbocycles. The Bertz CT molecular complexity index is 387. The number of alkyl halides is 1. The molecule has 4 nitrogen and oxygen atoms in total. The molecule has 0 spiro atoms. The van der Waals surface area contributed by atoms with Gasteiger partial charge in [0.25, 0.3) is 0 Å². The average molecular weight is 306 g/mol. The molecule has 1 rings (SSSR count). The third kappa shape index (κ3) is 4.68. The van der Waals surface area contributed by atoms with Crippen molar-refractivity contribution in [3.8, 4) is 5.75 Å². The smallest absolute Gasteiger partial charge is 0.311 e. The molecule has 0 bridgehead atoms. The first-order valence-electron chi connectivity index (χ1n) is 5.28. The zero-order valence-electron chi connectivity index (χ0n) is 9.20. The quantitative estimate of drug-likeness (QED) is 0.334. The number of hydrogen-bond acceptors (Lipinski definition) is 3. The van der Waals surface area contributed by atoms with Crippen molar-refractivity contribution in [1.82, 2.24) is 0 Å². The van der Waals surface area contributed by atoms with Crippen LogP contribution in [-0.4, -0.2) is 16.9 Å². The van der Waals surface area contributed by atoms with E-state index in [2.05, 4.69) is 15.9 Å². The Morgan fingerprint density at radius 1 is 1.35 bits per heavy atom. The third-order valence-corrected chi connectivity index (χ3v) is 2.71. The zero-order valence-corrected chi connectivity index (χ0v) is 10.8. The van der Waals surface area contributed by atoms with Gasteiger partial charge >= 0.3 is 5.69 Å². The van der Waals surface area contributed by atoms with Gasteiger partial charge in [-0.2, -0.15) is 0 Å². The van der Waals surface area contributed by atoms with Crippen molar-refractivity contribution < 1.29 is 14.1 Å². The molecule has 1 aromatic rings. The Hall–Kier alpha value is -1.17. The van der Waals surface area contributed by atoms with Crippen LogP contribution in [0.3, 0.4) is 0 Å². The number of benzene rings is 1. The van der Waals surface area contributed by atoms with Gasteiger partial charge in [0.2, 0.25) is 0 Å². The molecule has 0 amide bonds. The number of nitrogens with zero attached hydrogens (tertiary/aromatic N) is 1. The van der Waals surface area contributed by atoms with Crippen LogP contribution in [0, 0.1) is 15.9 Å². The summed E-state index contributed by atoms with van der Waals surface area (Å²) in [6, 6.07) is 3.21. The summed E-state index contributed by atoms with van der Waals surface area (Å²) in [7, 11) is 0. The molecule has 17 heavy (non-hydrogen) atoms. The van der Waals surface area contributed by atoms with E-state index >= 15 is 0 Å². The second-order valence-corrected chi connectivity index (χ2v) is 4.26. The minimum atomic E-state index is -0.576. The van der Waals surface area contributed by atoms with Gasteiger partial charge in [-0.1, -0.05) is 15.9 Å². The van der Waals surface area contributed by atoms with Crippen molar-refractivity contribution >= 4 is 21.6 Å². The van der Waals surface area contributed by atoms with E-state index in [1.807, 2.05) is 0 Å². The second-order valence-electron chi connectivity index (χ2n) is 3.47. The van der Waals surface area contributed by atoms with Crippen molar-refractivity contribution in [2.24, 2.45) is 0 Å². The number of halogens is 2. The predicted octanol–water partition coefficient (Wildman–Crippen LogP) is 3.68. The number of ether oxygens (including phenoxy) is 1. The van der Waals surface area contributed by atoms with Crippen LogP contribution >= 0.6 is 15.9 Å². The lowest BCUT2D eigenvalue weighted by Crippen LogP contribution is -2.01. The van der Waals surface area contributed by atoms with Crippen molar-refractivity contribution in [3.63, 3.8) is 0 Å². The van der Waals surface area contributed by atoms with E-state index in [1.54, 1.807) is 0 Å². The van der Waals surface area contributed by atoms with Gasteiger partial charge in [0.1, 0.15) is 5.82 Å². The van der Waals surface area contributed by atoms with Gasteiger partial charge in [-0.15, -0.1) is 0 Å². The maximum Gasteiger partial charge on any atom is 0.311 e. The largest absolute Gasteiger partial charge is 0.487 e. The van der Waals surface area contributed by atoms with Crippen LogP contribution in [0.1, 0.15) is 19.3 Å². The highest BCUT2D eigenvalue weighted by atomic mass is 79.9. The fourth-order valence-electron chi connectivity index (χ4n) is 1.31. The summed E-state index contributed by atoms with van der Waals surface area (Å²) in [5.41, 5.74) is -0.202. The zero-order chi connectivity index (χ0) is 12.7. The molecule has 0 aromatic heterocycles. The van der Waals surface area contributed by atoms with Crippen molar-refractivity contribution in [3.05, 3.63) is 34.1 Å². The van der Waals surface area contributed by atoms with Gasteiger partial charge < -0.3 is 4.74 Å². The first kappa shape index (κ1) is 13.9. The first-order valence-corrected chi connectivity index (χ1v) is 6.40. The van der Waals surface area contributed by atoms with Crippen LogP contribution in [0.4, 0.5) is 10.1 Å². The number of rotatable bonds is 7. The summed E-state index contributed by atoms with van der Waals surface area (Å²) < 4.78 is 18.2. The molecule has 0 aliphatic rings. The van der Waals surface area contributed by atoms with Crippen LogP contribution in [0.15, 0.2) is 18.2 Å². The molecule has 0 heterocycles. The fraction of sp³-hybridized carbons (Fsp3) is 0.455. The van der Waals surface area contributed by atoms with Crippen LogP contribution in [0.5, 0.6) is 5.75 Å². The van der Waals surface area contributed by atoms with Crippen molar-refractivity contribution in [2.45, 2.75) is 19.3 Å². The summed E-state index contributed by atoms with van der Waals surface area (Å²) in [5, 5.41) is 11.6. The summed E-state index contributed by atoms with van der Waals surface area (Å²) in [6.07, 6.45) is 2.78. The topological polar surface area (TPSA) is 52.4 Å². The predicted molar refractivity (Wildman–Crippen MR) is 66.2 cm³/mol. The van der Waals surface area contributed by atoms with Crippen LogP contribution < -0.4 is 4.74 Å². The monoisotopic (exact) mass is 305 g/mol. The van der Waals surface area contributed by atoms with Gasteiger partial charge in [0, 0.05) is 17.5 Å². The van der Waals surface area contributed by atoms with Gasteiger partial charge in [0.15, 0.2) is 5.75 Å². The Labute approximate surface area is 107 Å². The molecule has 0 saturated heterocycles. The number of unbranched alkanes of at least 4 members (excludes halogenated alkanes) is 2. The Kier molecular flexibility index (Phi) is 5.90. The molecule has 6 heteroatoms. The van der Waals surface area contributed by atoms with E-state index < -0.39 is 10.7 Å². The third-order valence-electron chi connectivity index (χ3n) is 2.15. The van der Waals surface area contributed by atoms with E-state index in [0.29, 0.717) is 6.61 Å². The molecule has 0 radical (unpaired) electrons. The van der Waals surface area contributed by atoms with Crippen molar-refractivity contribution in [2.75, 3.05) is 11.9 Å². The van der Waals surface area contributed by atoms with Gasteiger partial charge in [-0.05, 0) is 25.3 Å². The van der Waals surface area contributed by atoms with Gasteiger partial charge in [-0.25, -0.2) is 4.39 Å². The maximum absolute atomic E-state index is 12.9. The standard InChI is InChI=1S/C11H13BrFNO3/c12-6-2-1-3-7-17-11-8-9(13)4-5-10(11)14(15)16/h4-5,8H,1-3,6-7H2. The number of nitro groups is 1. The first-order chi connectivity index (χ1) is 8.15. The number of nitro benzene ring substituents is 1. The normalized spacial score (nSPS) is 10.2. The van der Waals surface area contributed by atoms with Crippen LogP contribution in [0.2, 0.25) is 0 Å². The average Bonchev–Trinajstić information content (AvgIpc) is 2.28. The Morgan fingerprint density at radius 2 is 2.12 bits per heavy atom. The Balaban J connectivity index is 2.56. The highest BCUT2D eigenvalue weighted by molar-refractivity contribution is 9.09. The molecule has 0 aliphatic heterocycles. The van der Waals surface area contributed by atoms with E-state index in [9.17, 15) is 14.5 Å². The summed E-state index contributed by atoms with van der Waals surface area (Å²) in [4.78, 5) is 10.1. The second kappa shape index (κ2) is 7.21. The molecule has 0 N–H and O–H groups in total. The summed E-state index contributed by atoms with van der Waals surface area (Å²) in [6.45, 7) is 0.358. The SMILES string of the molecule is O=[N+]([O-])c1ccc(F)cc1OCCCCCBr. The maximum atomic E-state index is 12.9. The van der Waals surface area contributed by atoms with E-state index in [4.69, 9.17) is 4.74 Å². The van der Waals surface area contributed by atoms with E-state index in [1.165, 1.54) is 0 Å². The van der Waals surface area contributed by atoms with Gasteiger partial charge in [-0.3, -0.25) is 10.1 Å². The Morgan fingerprint density at radius 3 is 2.76 bits per heavy atom. The molecule has 0 atom stereocenters. The molecular weight excluding hydrogens is 293 g/mol. The van der Waals surface area contributed by atoms with Crippen LogP contribution in [-0.2, 0) is 0 Å². The van der Waals surface area contributed by atoms with Crippen molar-refractivity contribution in [1.29, 1.82) is 0 Å². The molecule has 94 valence electrons. The molecule has 0 saturated carbocycles. The fourth-order valence-corrected chi connectivity index (χ4v) is 1.71. The molecule has 0 unspecified atom stereocenters. The molecular formula is C11H13BrFNO3. The highest BCUT2D eigenvalue weighted by Crippen LogP contribution is 2.27. The molecule has 0 fully saturated rings. The van der Waals surface area contributed by atoms with Crippen LogP contribution in [0.25, 0.3) is 0 Å². The lowest BCUT2D eigenvalue weighted by molar-refractivity contribution is -0.385. The van der Waals surface area contributed by atoms with E-state index in [-0.39, 0.29) is 11.4 Å². The lowest BCUT2D eigenvalue weighted by atomic mass is 10.2. The number of hydrogen-bond donors (Lipinski definition) is 0. The van der Waals surface area contributed by atoms with E-state index in [0.717, 1.165) is 42.8 Å². The summed E-state index contributed by atoms with van der Waals surface area (Å²) in [5.74, 6) is -0.542. The minimum Gasteiger partial charge on any atom is -0.487 e. The summed E-state index contributed by atoms with van der Waals surface area (Å²) >= 11 is 3.31. The minimum absolute atomic E-state index is 0.00570. The lowest BCUT2D eigenvalue weighted by Gasteiger charge is -2.06. The highest BCUT2D eigenvalue weighted by Gasteiger charge is 2.15. The van der Waals surface area contributed by atoms with Gasteiger partial charge in [0.05, 0.1) is 11.5 Å². The molecule has 0 aliphatic carbocycles.